The summed E-state index contributed by atoms with van der Waals surface area (Å²) in [7, 11) is 0. The summed E-state index contributed by atoms with van der Waals surface area (Å²) in [5.41, 5.74) is 4.74. The van der Waals surface area contributed by atoms with Gasteiger partial charge in [-0.15, -0.1) is 0 Å². The monoisotopic (exact) mass is 382 g/mol. The van der Waals surface area contributed by atoms with E-state index >= 15 is 0 Å². The van der Waals surface area contributed by atoms with Crippen LogP contribution >= 0.6 is 0 Å². The van der Waals surface area contributed by atoms with Gasteiger partial charge in [0.15, 0.2) is 6.04 Å². The molecule has 5 nitrogen and oxygen atoms in total. The fraction of sp³-hybridized carbons (Fsp3) is 0.435. The van der Waals surface area contributed by atoms with Crippen molar-refractivity contribution in [3.05, 3.63) is 53.6 Å². The average molecular weight is 383 g/mol. The van der Waals surface area contributed by atoms with Gasteiger partial charge in [-0.2, -0.15) is 0 Å². The van der Waals surface area contributed by atoms with Gasteiger partial charge in [-0.05, 0) is 57.0 Å². The molecule has 1 aliphatic heterocycles. The molecule has 0 saturated carbocycles. The van der Waals surface area contributed by atoms with Gasteiger partial charge in [-0.1, -0.05) is 24.3 Å². The number of carbonyl (C=O) groups is 1. The fourth-order valence-corrected chi connectivity index (χ4v) is 3.82. The zero-order valence-corrected chi connectivity index (χ0v) is 17.4. The number of amides is 1. The number of ether oxygens (including phenoxy) is 1. The van der Waals surface area contributed by atoms with Crippen LogP contribution in [0.5, 0.6) is 5.75 Å². The molecule has 2 aromatic carbocycles. The van der Waals surface area contributed by atoms with E-state index < -0.39 is 0 Å². The lowest BCUT2D eigenvalue weighted by atomic mass is 10.1. The Morgan fingerprint density at radius 3 is 2.57 bits per heavy atom. The Kier molecular flexibility index (Phi) is 6.57. The van der Waals surface area contributed by atoms with Crippen LogP contribution in [0.3, 0.4) is 0 Å². The highest BCUT2D eigenvalue weighted by atomic mass is 16.5. The number of benzene rings is 2. The number of nitrogens with one attached hydrogen (secondary N) is 2. The standard InChI is InChI=1S/C23H31N3O2/c1-5-28-22-12-7-6-10-20(22)24-23(27)19(4)25-13-15-26(16-14-25)21-11-8-9-17(2)18(21)3/h6-12,19H,5,13-16H2,1-4H3,(H,24,27)/p+1/t19-/m1/s1. The predicted octanol–water partition coefficient (Wildman–Crippen LogP) is 2.43. The molecule has 0 spiro atoms. The molecule has 1 atom stereocenters. The second kappa shape index (κ2) is 9.11. The molecule has 3 rings (SSSR count). The second-order valence-electron chi connectivity index (χ2n) is 7.50. The summed E-state index contributed by atoms with van der Waals surface area (Å²) in [4.78, 5) is 16.6. The summed E-state index contributed by atoms with van der Waals surface area (Å²) in [6.07, 6.45) is 0. The number of hydrogen-bond acceptors (Lipinski definition) is 3. The van der Waals surface area contributed by atoms with Crippen LogP contribution in [0.15, 0.2) is 42.5 Å². The number of para-hydroxylation sites is 2. The average Bonchev–Trinajstić information content (AvgIpc) is 2.71. The van der Waals surface area contributed by atoms with Gasteiger partial charge in [0, 0.05) is 5.69 Å². The number of anilines is 2. The van der Waals surface area contributed by atoms with Gasteiger partial charge in [-0.3, -0.25) is 4.79 Å². The molecule has 0 unspecified atom stereocenters. The number of hydrogen-bond donors (Lipinski definition) is 2. The molecule has 0 aromatic heterocycles. The van der Waals surface area contributed by atoms with E-state index in [1.807, 2.05) is 38.1 Å². The van der Waals surface area contributed by atoms with Crippen LogP contribution in [0.25, 0.3) is 0 Å². The molecule has 5 heteroatoms. The van der Waals surface area contributed by atoms with Crippen molar-refractivity contribution >= 4 is 17.3 Å². The highest BCUT2D eigenvalue weighted by Gasteiger charge is 2.30. The minimum atomic E-state index is -0.101. The molecule has 1 heterocycles. The van der Waals surface area contributed by atoms with Gasteiger partial charge in [0.25, 0.3) is 5.91 Å². The summed E-state index contributed by atoms with van der Waals surface area (Å²) >= 11 is 0. The van der Waals surface area contributed by atoms with Crippen molar-refractivity contribution in [1.29, 1.82) is 0 Å². The van der Waals surface area contributed by atoms with Crippen LogP contribution in [0.4, 0.5) is 11.4 Å². The zero-order valence-electron chi connectivity index (χ0n) is 17.4. The SMILES string of the molecule is CCOc1ccccc1NC(=O)[C@@H](C)[NH+]1CCN(c2cccc(C)c2C)CC1. The molecule has 1 fully saturated rings. The van der Waals surface area contributed by atoms with Crippen molar-refractivity contribution in [3.63, 3.8) is 0 Å². The molecule has 1 aliphatic rings. The lowest BCUT2D eigenvalue weighted by Crippen LogP contribution is -3.19. The zero-order chi connectivity index (χ0) is 20.1. The van der Waals surface area contributed by atoms with Crippen LogP contribution < -0.4 is 19.9 Å². The highest BCUT2D eigenvalue weighted by molar-refractivity contribution is 5.94. The third kappa shape index (κ3) is 4.47. The first-order chi connectivity index (χ1) is 13.5. The van der Waals surface area contributed by atoms with Crippen LogP contribution in [0, 0.1) is 13.8 Å². The normalized spacial score (nSPS) is 15.9. The number of carbonyl (C=O) groups excluding carboxylic acids is 1. The third-order valence-corrected chi connectivity index (χ3v) is 5.77. The Balaban J connectivity index is 1.60. The van der Waals surface area contributed by atoms with E-state index in [4.69, 9.17) is 4.74 Å². The molecular formula is C23H32N3O2+. The first kappa shape index (κ1) is 20.2. The van der Waals surface area contributed by atoms with E-state index in [-0.39, 0.29) is 11.9 Å². The minimum Gasteiger partial charge on any atom is -0.492 e. The summed E-state index contributed by atoms with van der Waals surface area (Å²) < 4.78 is 5.62. The number of rotatable bonds is 6. The van der Waals surface area contributed by atoms with Crippen LogP contribution in [0.2, 0.25) is 0 Å². The first-order valence-corrected chi connectivity index (χ1v) is 10.2. The molecular weight excluding hydrogens is 350 g/mol. The van der Waals surface area contributed by atoms with Gasteiger partial charge in [0.2, 0.25) is 0 Å². The summed E-state index contributed by atoms with van der Waals surface area (Å²) in [6.45, 7) is 12.7. The van der Waals surface area contributed by atoms with Gasteiger partial charge < -0.3 is 19.9 Å². The van der Waals surface area contributed by atoms with Crippen molar-refractivity contribution in [1.82, 2.24) is 0 Å². The molecule has 1 saturated heterocycles. The molecule has 2 N–H and O–H groups in total. The lowest BCUT2D eigenvalue weighted by Gasteiger charge is -2.36. The maximum Gasteiger partial charge on any atom is 0.282 e. The maximum atomic E-state index is 12.8. The van der Waals surface area contributed by atoms with Crippen molar-refractivity contribution in [2.75, 3.05) is 43.0 Å². The Labute approximate surface area is 168 Å². The van der Waals surface area contributed by atoms with Gasteiger partial charge in [-0.25, -0.2) is 0 Å². The molecule has 0 radical (unpaired) electrons. The molecule has 28 heavy (non-hydrogen) atoms. The lowest BCUT2D eigenvalue weighted by molar-refractivity contribution is -0.914. The molecule has 150 valence electrons. The number of aryl methyl sites for hydroxylation is 1. The summed E-state index contributed by atoms with van der Waals surface area (Å²) in [5, 5.41) is 3.05. The quantitative estimate of drug-likeness (QED) is 0.807. The van der Waals surface area contributed by atoms with E-state index in [0.29, 0.717) is 6.61 Å². The van der Waals surface area contributed by atoms with Gasteiger partial charge in [0.1, 0.15) is 5.75 Å². The van der Waals surface area contributed by atoms with E-state index in [0.717, 1.165) is 37.6 Å². The van der Waals surface area contributed by atoms with Crippen molar-refractivity contribution in [2.45, 2.75) is 33.7 Å². The summed E-state index contributed by atoms with van der Waals surface area (Å²) in [5.74, 6) is 0.766. The summed E-state index contributed by atoms with van der Waals surface area (Å²) in [6, 6.07) is 14.0. The Hall–Kier alpha value is -2.53. The van der Waals surface area contributed by atoms with Gasteiger partial charge >= 0.3 is 0 Å². The second-order valence-corrected chi connectivity index (χ2v) is 7.50. The molecule has 0 bridgehead atoms. The number of quaternary nitrogens is 1. The molecule has 0 aliphatic carbocycles. The van der Waals surface area contributed by atoms with E-state index in [1.165, 1.54) is 21.7 Å². The van der Waals surface area contributed by atoms with E-state index in [1.54, 1.807) is 0 Å². The highest BCUT2D eigenvalue weighted by Crippen LogP contribution is 2.24. The van der Waals surface area contributed by atoms with Crippen LogP contribution in [-0.4, -0.2) is 44.7 Å². The molecule has 2 aromatic rings. The predicted molar refractivity (Wildman–Crippen MR) is 115 cm³/mol. The Morgan fingerprint density at radius 2 is 1.86 bits per heavy atom. The Morgan fingerprint density at radius 1 is 1.14 bits per heavy atom. The smallest absolute Gasteiger partial charge is 0.282 e. The van der Waals surface area contributed by atoms with E-state index in [2.05, 4.69) is 42.3 Å². The minimum absolute atomic E-state index is 0.0438. The van der Waals surface area contributed by atoms with Crippen molar-refractivity contribution in [2.24, 2.45) is 0 Å². The largest absolute Gasteiger partial charge is 0.492 e. The number of piperazine rings is 1. The molecule has 1 amide bonds. The van der Waals surface area contributed by atoms with Crippen molar-refractivity contribution in [3.8, 4) is 5.75 Å². The Bertz CT molecular complexity index is 813. The first-order valence-electron chi connectivity index (χ1n) is 10.2. The fourth-order valence-electron chi connectivity index (χ4n) is 3.82. The van der Waals surface area contributed by atoms with Crippen LogP contribution in [0.1, 0.15) is 25.0 Å². The van der Waals surface area contributed by atoms with Gasteiger partial charge in [0.05, 0.1) is 38.5 Å². The number of nitrogens with zero attached hydrogens (tertiary/aromatic N) is 1. The topological polar surface area (TPSA) is 46.0 Å². The van der Waals surface area contributed by atoms with Crippen molar-refractivity contribution < 1.29 is 14.4 Å². The maximum absolute atomic E-state index is 12.8. The van der Waals surface area contributed by atoms with Crippen LogP contribution in [-0.2, 0) is 4.79 Å². The van der Waals surface area contributed by atoms with E-state index in [9.17, 15) is 4.79 Å². The third-order valence-electron chi connectivity index (χ3n) is 5.77.